The Morgan fingerprint density at radius 1 is 1.07 bits per heavy atom. The molecule has 0 saturated carbocycles. The number of hydrogen-bond donors (Lipinski definition) is 1. The number of aromatic hydroxyl groups is 1. The van der Waals surface area contributed by atoms with Crippen LogP contribution in [0.2, 0.25) is 0 Å². The van der Waals surface area contributed by atoms with Crippen LogP contribution in [0.1, 0.15) is 70.1 Å². The quantitative estimate of drug-likeness (QED) is 0.633. The zero-order valence-corrected chi connectivity index (χ0v) is 17.0. The smallest absolute Gasteiger partial charge is 0.127 e. The standard InChI is InChI=1S/C25H30O2/c1-16-11-12-20-19(13-16)23-21(26)14-18(15-22(23)27-25(20,4)5)24(2,3)17-9-7-6-8-10-17/h6-11,14-15,19-20,26H,12-13H2,1-5H3/t19-,20-/m1/s1. The topological polar surface area (TPSA) is 29.5 Å². The highest BCUT2D eigenvalue weighted by Crippen LogP contribution is 2.55. The number of allylic oxidation sites excluding steroid dienone is 2. The highest BCUT2D eigenvalue weighted by Gasteiger charge is 2.46. The van der Waals surface area contributed by atoms with Gasteiger partial charge in [0, 0.05) is 22.8 Å². The molecule has 1 N–H and O–H groups in total. The van der Waals surface area contributed by atoms with Crippen LogP contribution in [0.25, 0.3) is 0 Å². The molecule has 0 saturated heterocycles. The average Bonchev–Trinajstić information content (AvgIpc) is 2.61. The van der Waals surface area contributed by atoms with E-state index in [1.165, 1.54) is 11.1 Å². The minimum atomic E-state index is -0.239. The van der Waals surface area contributed by atoms with Crippen LogP contribution in [0.15, 0.2) is 54.1 Å². The summed E-state index contributed by atoms with van der Waals surface area (Å²) in [7, 11) is 0. The predicted octanol–water partition coefficient (Wildman–Crippen LogP) is 6.33. The van der Waals surface area contributed by atoms with Crippen molar-refractivity contribution in [2.24, 2.45) is 5.92 Å². The third-order valence-electron chi connectivity index (χ3n) is 6.72. The first-order valence-electron chi connectivity index (χ1n) is 9.97. The third kappa shape index (κ3) is 2.96. The molecule has 0 unspecified atom stereocenters. The lowest BCUT2D eigenvalue weighted by atomic mass is 9.66. The van der Waals surface area contributed by atoms with Crippen LogP contribution in [0.5, 0.6) is 11.5 Å². The van der Waals surface area contributed by atoms with Crippen molar-refractivity contribution in [2.45, 2.75) is 64.4 Å². The lowest BCUT2D eigenvalue weighted by molar-refractivity contribution is 0.00745. The van der Waals surface area contributed by atoms with Crippen LogP contribution in [0.4, 0.5) is 0 Å². The van der Waals surface area contributed by atoms with Gasteiger partial charge in [-0.25, -0.2) is 0 Å². The summed E-state index contributed by atoms with van der Waals surface area (Å²) < 4.78 is 6.49. The molecule has 1 aliphatic heterocycles. The maximum atomic E-state index is 11.0. The number of phenols is 1. The van der Waals surface area contributed by atoms with E-state index in [1.54, 1.807) is 0 Å². The van der Waals surface area contributed by atoms with Gasteiger partial charge in [-0.2, -0.15) is 0 Å². The van der Waals surface area contributed by atoms with Crippen LogP contribution in [-0.2, 0) is 5.41 Å². The first kappa shape index (κ1) is 18.2. The molecule has 0 aromatic heterocycles. The molecule has 0 fully saturated rings. The molecule has 2 nitrogen and oxygen atoms in total. The van der Waals surface area contributed by atoms with Crippen molar-refractivity contribution >= 4 is 0 Å². The highest BCUT2D eigenvalue weighted by molar-refractivity contribution is 5.55. The first-order valence-corrected chi connectivity index (χ1v) is 9.97. The number of ether oxygens (including phenoxy) is 1. The number of phenolic OH excluding ortho intramolecular Hbond substituents is 1. The molecule has 0 bridgehead atoms. The van der Waals surface area contributed by atoms with Gasteiger partial charge in [0.05, 0.1) is 0 Å². The highest BCUT2D eigenvalue weighted by atomic mass is 16.5. The fourth-order valence-corrected chi connectivity index (χ4v) is 4.95. The van der Waals surface area contributed by atoms with Gasteiger partial charge in [0.15, 0.2) is 0 Å². The van der Waals surface area contributed by atoms with Gasteiger partial charge in [0.2, 0.25) is 0 Å². The van der Waals surface area contributed by atoms with Gasteiger partial charge in [-0.05, 0) is 56.9 Å². The predicted molar refractivity (Wildman–Crippen MR) is 111 cm³/mol. The van der Waals surface area contributed by atoms with Crippen molar-refractivity contribution in [2.75, 3.05) is 0 Å². The SMILES string of the molecule is CC1=CC[C@@H]2[C@@H](C1)c1c(O)cc(C(C)(C)c3ccccc3)cc1OC2(C)C. The number of benzene rings is 2. The molecule has 0 amide bonds. The molecule has 142 valence electrons. The Balaban J connectivity index is 1.83. The zero-order chi connectivity index (χ0) is 19.4. The summed E-state index contributed by atoms with van der Waals surface area (Å²) in [5.74, 6) is 1.96. The Hall–Kier alpha value is -2.22. The molecule has 2 atom stereocenters. The Labute approximate surface area is 162 Å². The minimum Gasteiger partial charge on any atom is -0.508 e. The maximum absolute atomic E-state index is 11.0. The summed E-state index contributed by atoms with van der Waals surface area (Å²) in [4.78, 5) is 0. The second kappa shape index (κ2) is 6.15. The second-order valence-electron chi connectivity index (χ2n) is 9.31. The molecule has 2 aliphatic rings. The van der Waals surface area contributed by atoms with E-state index >= 15 is 0 Å². The largest absolute Gasteiger partial charge is 0.508 e. The molecule has 2 aromatic rings. The van der Waals surface area contributed by atoms with Crippen molar-refractivity contribution in [3.05, 3.63) is 70.8 Å². The number of hydrogen-bond acceptors (Lipinski definition) is 2. The van der Waals surface area contributed by atoms with Gasteiger partial charge in [-0.3, -0.25) is 0 Å². The summed E-state index contributed by atoms with van der Waals surface area (Å²) >= 11 is 0. The van der Waals surface area contributed by atoms with E-state index in [2.05, 4.69) is 71.0 Å². The van der Waals surface area contributed by atoms with Crippen molar-refractivity contribution < 1.29 is 9.84 Å². The van der Waals surface area contributed by atoms with E-state index in [0.29, 0.717) is 17.6 Å². The van der Waals surface area contributed by atoms with Crippen LogP contribution in [0, 0.1) is 5.92 Å². The molecule has 0 spiro atoms. The molecule has 4 rings (SSSR count). The molecule has 1 aliphatic carbocycles. The van der Waals surface area contributed by atoms with E-state index in [0.717, 1.165) is 29.7 Å². The fourth-order valence-electron chi connectivity index (χ4n) is 4.95. The minimum absolute atomic E-state index is 0.208. The molecule has 1 heterocycles. The van der Waals surface area contributed by atoms with Gasteiger partial charge in [0.25, 0.3) is 0 Å². The van der Waals surface area contributed by atoms with Crippen molar-refractivity contribution in [1.82, 2.24) is 0 Å². The summed E-state index contributed by atoms with van der Waals surface area (Å²) in [6.45, 7) is 11.0. The fraction of sp³-hybridized carbons (Fsp3) is 0.440. The molecule has 27 heavy (non-hydrogen) atoms. The Morgan fingerprint density at radius 3 is 2.48 bits per heavy atom. The van der Waals surface area contributed by atoms with Gasteiger partial charge in [0.1, 0.15) is 17.1 Å². The summed E-state index contributed by atoms with van der Waals surface area (Å²) in [6, 6.07) is 14.6. The lowest BCUT2D eigenvalue weighted by Gasteiger charge is -2.47. The maximum Gasteiger partial charge on any atom is 0.127 e. The monoisotopic (exact) mass is 362 g/mol. The van der Waals surface area contributed by atoms with E-state index in [9.17, 15) is 5.11 Å². The van der Waals surface area contributed by atoms with Gasteiger partial charge >= 0.3 is 0 Å². The molecule has 2 aromatic carbocycles. The van der Waals surface area contributed by atoms with Gasteiger partial charge in [-0.15, -0.1) is 0 Å². The summed E-state index contributed by atoms with van der Waals surface area (Å²) in [6.07, 6.45) is 4.35. The van der Waals surface area contributed by atoms with Crippen LogP contribution >= 0.6 is 0 Å². The van der Waals surface area contributed by atoms with Gasteiger partial charge < -0.3 is 9.84 Å². The van der Waals surface area contributed by atoms with Crippen molar-refractivity contribution in [3.63, 3.8) is 0 Å². The van der Waals surface area contributed by atoms with E-state index in [1.807, 2.05) is 12.1 Å². The molecule has 0 radical (unpaired) electrons. The second-order valence-corrected chi connectivity index (χ2v) is 9.31. The van der Waals surface area contributed by atoms with E-state index in [4.69, 9.17) is 4.74 Å². The van der Waals surface area contributed by atoms with Gasteiger partial charge in [-0.1, -0.05) is 55.8 Å². The summed E-state index contributed by atoms with van der Waals surface area (Å²) in [5.41, 5.74) is 4.28. The zero-order valence-electron chi connectivity index (χ0n) is 17.0. The van der Waals surface area contributed by atoms with Crippen molar-refractivity contribution in [3.8, 4) is 11.5 Å². The third-order valence-corrected chi connectivity index (χ3v) is 6.72. The Morgan fingerprint density at radius 2 is 1.78 bits per heavy atom. The summed E-state index contributed by atoms with van der Waals surface area (Å²) in [5, 5.41) is 11.0. The van der Waals surface area contributed by atoms with E-state index in [-0.39, 0.29) is 11.0 Å². The Kier molecular flexibility index (Phi) is 4.14. The average molecular weight is 363 g/mol. The molecular formula is C25H30O2. The normalized spacial score (nSPS) is 23.7. The number of rotatable bonds is 2. The lowest BCUT2D eigenvalue weighted by Crippen LogP contribution is -2.45. The first-order chi connectivity index (χ1) is 12.7. The molecule has 2 heteroatoms. The Bertz CT molecular complexity index is 890. The van der Waals surface area contributed by atoms with Crippen LogP contribution < -0.4 is 4.74 Å². The van der Waals surface area contributed by atoms with E-state index < -0.39 is 0 Å². The van der Waals surface area contributed by atoms with Crippen molar-refractivity contribution in [1.29, 1.82) is 0 Å². The van der Waals surface area contributed by atoms with Crippen LogP contribution in [0.3, 0.4) is 0 Å². The van der Waals surface area contributed by atoms with Crippen LogP contribution in [-0.4, -0.2) is 10.7 Å². The number of fused-ring (bicyclic) bond motifs is 3. The molecular weight excluding hydrogens is 332 g/mol.